The molecule has 0 aromatic heterocycles. The fourth-order valence-electron chi connectivity index (χ4n) is 1.25. The van der Waals surface area contributed by atoms with E-state index in [0.29, 0.717) is 13.0 Å². The largest absolute Gasteiger partial charge is 0.416 e. The summed E-state index contributed by atoms with van der Waals surface area (Å²) in [6.45, 7) is 0.358. The molecule has 0 aliphatic carbocycles. The lowest BCUT2D eigenvalue weighted by atomic mass is 10.1. The number of rotatable bonds is 4. The van der Waals surface area contributed by atoms with E-state index in [4.69, 9.17) is 11.6 Å². The van der Waals surface area contributed by atoms with Gasteiger partial charge in [0.1, 0.15) is 5.88 Å². The van der Waals surface area contributed by atoms with E-state index in [0.717, 1.165) is 17.7 Å². The molecule has 0 radical (unpaired) electrons. The van der Waals surface area contributed by atoms with Gasteiger partial charge in [0.2, 0.25) is 5.91 Å². The molecule has 0 aliphatic heterocycles. The molecule has 1 aromatic rings. The van der Waals surface area contributed by atoms with Gasteiger partial charge in [0.25, 0.3) is 0 Å². The summed E-state index contributed by atoms with van der Waals surface area (Å²) < 4.78 is 36.8. The van der Waals surface area contributed by atoms with Crippen molar-refractivity contribution in [1.82, 2.24) is 5.32 Å². The van der Waals surface area contributed by atoms with Crippen LogP contribution in [-0.2, 0) is 17.4 Å². The number of alkyl halides is 4. The van der Waals surface area contributed by atoms with Crippen LogP contribution in [0.1, 0.15) is 11.1 Å². The van der Waals surface area contributed by atoms with Crippen LogP contribution < -0.4 is 5.32 Å². The molecule has 1 aromatic carbocycles. The molecule has 1 amide bonds. The average Bonchev–Trinajstić information content (AvgIpc) is 2.28. The van der Waals surface area contributed by atoms with Crippen molar-refractivity contribution in [2.75, 3.05) is 12.4 Å². The van der Waals surface area contributed by atoms with Gasteiger partial charge in [-0.3, -0.25) is 4.79 Å². The summed E-state index contributed by atoms with van der Waals surface area (Å²) in [4.78, 5) is 10.8. The smallest absolute Gasteiger partial charge is 0.355 e. The van der Waals surface area contributed by atoms with Crippen LogP contribution >= 0.6 is 11.6 Å². The van der Waals surface area contributed by atoms with Gasteiger partial charge in [0.15, 0.2) is 0 Å². The minimum atomic E-state index is -4.31. The topological polar surface area (TPSA) is 29.1 Å². The van der Waals surface area contributed by atoms with E-state index in [9.17, 15) is 18.0 Å². The van der Waals surface area contributed by atoms with Gasteiger partial charge in [-0.1, -0.05) is 12.1 Å². The maximum atomic E-state index is 12.3. The Kier molecular flexibility index (Phi) is 4.81. The zero-order valence-corrected chi connectivity index (χ0v) is 9.61. The van der Waals surface area contributed by atoms with Gasteiger partial charge in [-0.05, 0) is 24.1 Å². The molecule has 0 heterocycles. The number of benzene rings is 1. The third kappa shape index (κ3) is 4.65. The Morgan fingerprint density at radius 2 is 1.82 bits per heavy atom. The summed E-state index contributed by atoms with van der Waals surface area (Å²) in [7, 11) is 0. The van der Waals surface area contributed by atoms with Crippen LogP contribution in [0.5, 0.6) is 0 Å². The van der Waals surface area contributed by atoms with Crippen LogP contribution in [0.15, 0.2) is 24.3 Å². The van der Waals surface area contributed by atoms with Crippen molar-refractivity contribution in [3.05, 3.63) is 35.4 Å². The number of carbonyl (C=O) groups excluding carboxylic acids is 1. The highest BCUT2D eigenvalue weighted by atomic mass is 35.5. The lowest BCUT2D eigenvalue weighted by molar-refractivity contribution is -0.137. The lowest BCUT2D eigenvalue weighted by Gasteiger charge is -2.07. The van der Waals surface area contributed by atoms with Crippen LogP contribution in [0.25, 0.3) is 0 Å². The van der Waals surface area contributed by atoms with Crippen LogP contribution in [-0.4, -0.2) is 18.3 Å². The summed E-state index contributed by atoms with van der Waals surface area (Å²) in [5.74, 6) is -0.411. The molecule has 0 unspecified atom stereocenters. The Bertz CT molecular complexity index is 375. The SMILES string of the molecule is O=C(CCl)NCCc1ccc(C(F)(F)F)cc1. The Morgan fingerprint density at radius 3 is 2.29 bits per heavy atom. The molecule has 1 N–H and O–H groups in total. The number of hydrogen-bond donors (Lipinski definition) is 1. The molecule has 17 heavy (non-hydrogen) atoms. The predicted octanol–water partition coefficient (Wildman–Crippen LogP) is 2.60. The molecule has 0 atom stereocenters. The highest BCUT2D eigenvalue weighted by Gasteiger charge is 2.29. The number of hydrogen-bond acceptors (Lipinski definition) is 1. The second-order valence-electron chi connectivity index (χ2n) is 3.43. The second kappa shape index (κ2) is 5.91. The molecule has 6 heteroatoms. The maximum Gasteiger partial charge on any atom is 0.416 e. The van der Waals surface area contributed by atoms with Crippen molar-refractivity contribution in [2.24, 2.45) is 0 Å². The highest BCUT2D eigenvalue weighted by molar-refractivity contribution is 6.27. The molecule has 2 nitrogen and oxygen atoms in total. The summed E-state index contributed by atoms with van der Waals surface area (Å²) in [5.41, 5.74) is 0.0546. The molecule has 0 fully saturated rings. The number of amides is 1. The van der Waals surface area contributed by atoms with E-state index in [1.54, 1.807) is 0 Å². The minimum Gasteiger partial charge on any atom is -0.355 e. The zero-order chi connectivity index (χ0) is 12.9. The molecule has 0 saturated heterocycles. The molecule has 0 saturated carbocycles. The Morgan fingerprint density at radius 1 is 1.24 bits per heavy atom. The molecular formula is C11H11ClF3NO. The Balaban J connectivity index is 2.49. The monoisotopic (exact) mass is 265 g/mol. The first-order chi connectivity index (χ1) is 7.93. The third-order valence-electron chi connectivity index (χ3n) is 2.14. The Labute approximate surface area is 102 Å². The van der Waals surface area contributed by atoms with Crippen LogP contribution in [0.2, 0.25) is 0 Å². The van der Waals surface area contributed by atoms with Crippen molar-refractivity contribution in [2.45, 2.75) is 12.6 Å². The first-order valence-electron chi connectivity index (χ1n) is 4.92. The van der Waals surface area contributed by atoms with Crippen LogP contribution in [0.4, 0.5) is 13.2 Å². The highest BCUT2D eigenvalue weighted by Crippen LogP contribution is 2.29. The molecule has 0 spiro atoms. The summed E-state index contributed by atoms with van der Waals surface area (Å²) in [6, 6.07) is 4.85. The maximum absolute atomic E-state index is 12.3. The number of halogens is 4. The van der Waals surface area contributed by atoms with E-state index in [1.807, 2.05) is 0 Å². The average molecular weight is 266 g/mol. The molecule has 0 bridgehead atoms. The Hall–Kier alpha value is -1.23. The minimum absolute atomic E-state index is 0.118. The standard InChI is InChI=1S/C11H11ClF3NO/c12-7-10(17)16-6-5-8-1-3-9(4-2-8)11(13,14)15/h1-4H,5-7H2,(H,16,17). The van der Waals surface area contributed by atoms with Crippen LogP contribution in [0.3, 0.4) is 0 Å². The van der Waals surface area contributed by atoms with E-state index in [1.165, 1.54) is 12.1 Å². The van der Waals surface area contributed by atoms with Gasteiger partial charge in [-0.15, -0.1) is 11.6 Å². The van der Waals surface area contributed by atoms with E-state index in [-0.39, 0.29) is 11.8 Å². The van der Waals surface area contributed by atoms with E-state index in [2.05, 4.69) is 5.32 Å². The number of nitrogens with one attached hydrogen (secondary N) is 1. The second-order valence-corrected chi connectivity index (χ2v) is 3.70. The fourth-order valence-corrected chi connectivity index (χ4v) is 1.35. The first-order valence-corrected chi connectivity index (χ1v) is 5.45. The first kappa shape index (κ1) is 13.8. The van der Waals surface area contributed by atoms with Crippen LogP contribution in [0, 0.1) is 0 Å². The third-order valence-corrected chi connectivity index (χ3v) is 2.38. The van der Waals surface area contributed by atoms with Crippen molar-refractivity contribution in [3.8, 4) is 0 Å². The molecule has 94 valence electrons. The van der Waals surface area contributed by atoms with E-state index < -0.39 is 11.7 Å². The summed E-state index contributed by atoms with van der Waals surface area (Å²) in [5, 5.41) is 2.53. The molecular weight excluding hydrogens is 255 g/mol. The van der Waals surface area contributed by atoms with Gasteiger partial charge in [0.05, 0.1) is 5.56 Å². The van der Waals surface area contributed by atoms with Gasteiger partial charge in [-0.2, -0.15) is 13.2 Å². The van der Waals surface area contributed by atoms with Gasteiger partial charge in [0, 0.05) is 6.54 Å². The van der Waals surface area contributed by atoms with Crippen molar-refractivity contribution in [3.63, 3.8) is 0 Å². The summed E-state index contributed by atoms with van der Waals surface area (Å²) in [6.07, 6.45) is -3.84. The van der Waals surface area contributed by atoms with Gasteiger partial charge >= 0.3 is 6.18 Å². The van der Waals surface area contributed by atoms with Gasteiger partial charge < -0.3 is 5.32 Å². The quantitative estimate of drug-likeness (QED) is 0.833. The predicted molar refractivity (Wildman–Crippen MR) is 58.9 cm³/mol. The van der Waals surface area contributed by atoms with Gasteiger partial charge in [-0.25, -0.2) is 0 Å². The molecule has 1 rings (SSSR count). The van der Waals surface area contributed by atoms with Crippen molar-refractivity contribution < 1.29 is 18.0 Å². The lowest BCUT2D eigenvalue weighted by Crippen LogP contribution is -2.26. The summed E-state index contributed by atoms with van der Waals surface area (Å²) >= 11 is 5.27. The van der Waals surface area contributed by atoms with Crippen molar-refractivity contribution in [1.29, 1.82) is 0 Å². The fraction of sp³-hybridized carbons (Fsp3) is 0.364. The molecule has 0 aliphatic rings. The zero-order valence-electron chi connectivity index (χ0n) is 8.85. The van der Waals surface area contributed by atoms with Crippen molar-refractivity contribution >= 4 is 17.5 Å². The number of carbonyl (C=O) groups is 1. The van der Waals surface area contributed by atoms with E-state index >= 15 is 0 Å². The normalized spacial score (nSPS) is 11.3.